The molecule has 0 aromatic carbocycles. The van der Waals surface area contributed by atoms with Crippen molar-refractivity contribution in [2.75, 3.05) is 0 Å². The molecule has 4 nitrogen and oxygen atoms in total. The second kappa shape index (κ2) is 5.27. The van der Waals surface area contributed by atoms with E-state index in [2.05, 4.69) is 21.2 Å². The average Bonchev–Trinajstić information content (AvgIpc) is 2.48. The number of hydrogen-bond acceptors (Lipinski definition) is 3. The summed E-state index contributed by atoms with van der Waals surface area (Å²) in [7, 11) is 0. The Morgan fingerprint density at radius 2 is 2.33 bits per heavy atom. The molecule has 0 saturated heterocycles. The molecule has 2 N–H and O–H groups in total. The molecule has 0 unspecified atom stereocenters. The van der Waals surface area contributed by atoms with Crippen LogP contribution in [0.25, 0.3) is 0 Å². The average molecular weight is 292 g/mol. The van der Waals surface area contributed by atoms with E-state index in [4.69, 9.17) is 5.11 Å². The monoisotopic (exact) mass is 291 g/mol. The zero-order valence-electron chi connectivity index (χ0n) is 7.99. The molecule has 0 fully saturated rings. The summed E-state index contributed by atoms with van der Waals surface area (Å²) in [5, 5.41) is 13.2. The van der Waals surface area contributed by atoms with E-state index in [0.717, 1.165) is 9.35 Å². The van der Waals surface area contributed by atoms with Crippen LogP contribution in [0.4, 0.5) is 0 Å². The van der Waals surface area contributed by atoms with Gasteiger partial charge in [0.2, 0.25) is 5.91 Å². The third-order valence-corrected chi connectivity index (χ3v) is 3.70. The van der Waals surface area contributed by atoms with Gasteiger partial charge in [-0.15, -0.1) is 11.3 Å². The molecule has 0 aliphatic rings. The van der Waals surface area contributed by atoms with Crippen LogP contribution in [-0.2, 0) is 9.59 Å². The van der Waals surface area contributed by atoms with Crippen LogP contribution in [-0.4, -0.2) is 17.0 Å². The lowest BCUT2D eigenvalue weighted by Crippen LogP contribution is -2.27. The number of rotatable bonds is 4. The van der Waals surface area contributed by atoms with Gasteiger partial charge in [0, 0.05) is 16.3 Å². The van der Waals surface area contributed by atoms with Crippen LogP contribution in [0, 0.1) is 0 Å². The number of amides is 1. The van der Waals surface area contributed by atoms with Crippen molar-refractivity contribution in [3.63, 3.8) is 0 Å². The molecular weight excluding hydrogens is 282 g/mol. The quantitative estimate of drug-likeness (QED) is 0.893. The van der Waals surface area contributed by atoms with Crippen LogP contribution in [0.3, 0.4) is 0 Å². The predicted molar refractivity (Wildman–Crippen MR) is 60.8 cm³/mol. The van der Waals surface area contributed by atoms with Crippen LogP contribution < -0.4 is 5.32 Å². The van der Waals surface area contributed by atoms with Gasteiger partial charge in [-0.1, -0.05) is 0 Å². The Balaban J connectivity index is 2.85. The van der Waals surface area contributed by atoms with Gasteiger partial charge in [0.1, 0.15) is 0 Å². The van der Waals surface area contributed by atoms with Gasteiger partial charge in [0.15, 0.2) is 0 Å². The lowest BCUT2D eigenvalue weighted by molar-refractivity contribution is -0.137. The maximum absolute atomic E-state index is 10.9. The first-order valence-corrected chi connectivity index (χ1v) is 5.89. The molecule has 0 radical (unpaired) electrons. The van der Waals surface area contributed by atoms with Crippen LogP contribution in [0.1, 0.15) is 24.3 Å². The van der Waals surface area contributed by atoms with Crippen LogP contribution in [0.5, 0.6) is 0 Å². The highest BCUT2D eigenvalue weighted by atomic mass is 79.9. The van der Waals surface area contributed by atoms with Crippen molar-refractivity contribution in [1.29, 1.82) is 0 Å². The minimum atomic E-state index is -0.936. The molecule has 6 heteroatoms. The fourth-order valence-corrected chi connectivity index (χ4v) is 2.89. The van der Waals surface area contributed by atoms with Crippen molar-refractivity contribution >= 4 is 39.1 Å². The largest absolute Gasteiger partial charge is 0.481 e. The maximum Gasteiger partial charge on any atom is 0.305 e. The highest BCUT2D eigenvalue weighted by Gasteiger charge is 2.19. The maximum atomic E-state index is 10.9. The zero-order chi connectivity index (χ0) is 11.4. The van der Waals surface area contributed by atoms with E-state index in [1.54, 1.807) is 0 Å². The van der Waals surface area contributed by atoms with Crippen molar-refractivity contribution in [2.45, 2.75) is 19.4 Å². The predicted octanol–water partition coefficient (Wildman–Crippen LogP) is 2.16. The molecule has 0 aliphatic heterocycles. The Morgan fingerprint density at radius 3 is 2.73 bits per heavy atom. The first kappa shape index (κ1) is 12.2. The summed E-state index contributed by atoms with van der Waals surface area (Å²) in [5.41, 5.74) is 0. The number of thiophene rings is 1. The first-order chi connectivity index (χ1) is 7.00. The molecule has 1 aromatic heterocycles. The number of carboxylic acids is 1. The molecule has 0 bridgehead atoms. The number of halogens is 1. The summed E-state index contributed by atoms with van der Waals surface area (Å²) in [6.45, 7) is 1.37. The summed E-state index contributed by atoms with van der Waals surface area (Å²) in [6, 6.07) is 1.37. The van der Waals surface area contributed by atoms with E-state index in [1.165, 1.54) is 18.3 Å². The van der Waals surface area contributed by atoms with Crippen molar-refractivity contribution in [1.82, 2.24) is 5.32 Å². The van der Waals surface area contributed by atoms with E-state index in [-0.39, 0.29) is 12.3 Å². The second-order valence-electron chi connectivity index (χ2n) is 2.98. The Labute approximate surface area is 99.4 Å². The van der Waals surface area contributed by atoms with E-state index in [0.29, 0.717) is 0 Å². The normalized spacial score (nSPS) is 12.1. The number of hydrogen-bond donors (Lipinski definition) is 2. The fraction of sp³-hybridized carbons (Fsp3) is 0.333. The molecule has 15 heavy (non-hydrogen) atoms. The van der Waals surface area contributed by atoms with E-state index >= 15 is 0 Å². The Hall–Kier alpha value is -0.880. The Bertz CT molecular complexity index is 361. The van der Waals surface area contributed by atoms with Crippen LogP contribution in [0.15, 0.2) is 15.9 Å². The molecule has 0 saturated carbocycles. The van der Waals surface area contributed by atoms with E-state index in [1.807, 2.05) is 11.4 Å². The van der Waals surface area contributed by atoms with Gasteiger partial charge in [0.25, 0.3) is 0 Å². The van der Waals surface area contributed by atoms with Crippen LogP contribution >= 0.6 is 27.3 Å². The van der Waals surface area contributed by atoms with Gasteiger partial charge in [-0.25, -0.2) is 0 Å². The number of carbonyl (C=O) groups excluding carboxylic acids is 1. The van der Waals surface area contributed by atoms with Crippen molar-refractivity contribution in [3.05, 3.63) is 20.8 Å². The summed E-state index contributed by atoms with van der Waals surface area (Å²) in [5.74, 6) is -1.17. The number of nitrogens with one attached hydrogen (secondary N) is 1. The number of carbonyl (C=O) groups is 2. The lowest BCUT2D eigenvalue weighted by atomic mass is 10.1. The lowest BCUT2D eigenvalue weighted by Gasteiger charge is -2.14. The summed E-state index contributed by atoms with van der Waals surface area (Å²) < 4.78 is 0.826. The van der Waals surface area contributed by atoms with Crippen molar-refractivity contribution < 1.29 is 14.7 Å². The van der Waals surface area contributed by atoms with Crippen molar-refractivity contribution in [3.8, 4) is 0 Å². The molecule has 1 amide bonds. The highest BCUT2D eigenvalue weighted by molar-refractivity contribution is 9.10. The number of carboxylic acid groups (broad SMARTS) is 1. The summed E-state index contributed by atoms with van der Waals surface area (Å²) >= 11 is 4.73. The van der Waals surface area contributed by atoms with E-state index < -0.39 is 12.0 Å². The second-order valence-corrected chi connectivity index (χ2v) is 4.79. The molecule has 1 atom stereocenters. The molecule has 1 aromatic rings. The number of aliphatic carboxylic acids is 1. The van der Waals surface area contributed by atoms with E-state index in [9.17, 15) is 9.59 Å². The third-order valence-electron chi connectivity index (χ3n) is 1.72. The fourth-order valence-electron chi connectivity index (χ4n) is 1.18. The first-order valence-electron chi connectivity index (χ1n) is 4.22. The molecule has 1 rings (SSSR count). The standard InChI is InChI=1S/C9H10BrNO3S/c1-5(12)11-7(4-8(13)14)9-6(10)2-3-15-9/h2-3,7H,4H2,1H3,(H,11,12)(H,13,14)/t7-/m1/s1. The highest BCUT2D eigenvalue weighted by Crippen LogP contribution is 2.30. The van der Waals surface area contributed by atoms with Gasteiger partial charge >= 0.3 is 5.97 Å². The minimum absolute atomic E-state index is 0.112. The van der Waals surface area contributed by atoms with Gasteiger partial charge in [-0.3, -0.25) is 9.59 Å². The SMILES string of the molecule is CC(=O)N[C@H](CC(=O)O)c1sccc1Br. The third kappa shape index (κ3) is 3.64. The molecule has 0 aliphatic carbocycles. The molecule has 82 valence electrons. The Kier molecular flexibility index (Phi) is 4.28. The molecular formula is C9H10BrNO3S. The molecule has 1 heterocycles. The Morgan fingerprint density at radius 1 is 1.67 bits per heavy atom. The summed E-state index contributed by atoms with van der Waals surface area (Å²) in [4.78, 5) is 22.4. The zero-order valence-corrected chi connectivity index (χ0v) is 10.4. The topological polar surface area (TPSA) is 66.4 Å². The van der Waals surface area contributed by atoms with Gasteiger partial charge in [-0.2, -0.15) is 0 Å². The summed E-state index contributed by atoms with van der Waals surface area (Å²) in [6.07, 6.45) is -0.112. The smallest absolute Gasteiger partial charge is 0.305 e. The van der Waals surface area contributed by atoms with Crippen LogP contribution in [0.2, 0.25) is 0 Å². The van der Waals surface area contributed by atoms with Gasteiger partial charge < -0.3 is 10.4 Å². The van der Waals surface area contributed by atoms with Crippen molar-refractivity contribution in [2.24, 2.45) is 0 Å². The minimum Gasteiger partial charge on any atom is -0.481 e. The molecule has 0 spiro atoms. The van der Waals surface area contributed by atoms with Gasteiger partial charge in [0.05, 0.1) is 12.5 Å². The van der Waals surface area contributed by atoms with Gasteiger partial charge in [-0.05, 0) is 27.4 Å².